The van der Waals surface area contributed by atoms with Crippen LogP contribution in [0.15, 0.2) is 0 Å². The predicted octanol–water partition coefficient (Wildman–Crippen LogP) is 2.67. The highest BCUT2D eigenvalue weighted by Crippen LogP contribution is 2.20. The molecular formula is C17H32N2O3. The molecule has 128 valence electrons. The Labute approximate surface area is 134 Å². The molecule has 1 aliphatic carbocycles. The minimum atomic E-state index is 0.00242. The predicted molar refractivity (Wildman–Crippen MR) is 86.9 cm³/mol. The molecule has 1 saturated carbocycles. The van der Waals surface area contributed by atoms with Crippen LogP contribution in [-0.4, -0.2) is 54.5 Å². The molecule has 2 N–H and O–H groups in total. The number of amides is 2. The summed E-state index contributed by atoms with van der Waals surface area (Å²) in [5.74, 6) is 0. The minimum Gasteiger partial charge on any atom is -0.396 e. The van der Waals surface area contributed by atoms with Crippen molar-refractivity contribution < 1.29 is 14.6 Å². The van der Waals surface area contributed by atoms with Crippen molar-refractivity contribution in [2.45, 2.75) is 76.4 Å². The number of urea groups is 1. The van der Waals surface area contributed by atoms with Crippen LogP contribution < -0.4 is 5.32 Å². The minimum absolute atomic E-state index is 0.00242. The number of nitrogens with zero attached hydrogens (tertiary/aromatic N) is 1. The van der Waals surface area contributed by atoms with E-state index in [0.29, 0.717) is 25.7 Å². The summed E-state index contributed by atoms with van der Waals surface area (Å²) in [6, 6.07) is 0.198. The third-order valence-corrected chi connectivity index (χ3v) is 4.88. The average molecular weight is 312 g/mol. The molecule has 22 heavy (non-hydrogen) atoms. The van der Waals surface area contributed by atoms with Gasteiger partial charge in [-0.15, -0.1) is 0 Å². The number of aliphatic hydroxyl groups is 1. The Morgan fingerprint density at radius 1 is 1.09 bits per heavy atom. The van der Waals surface area contributed by atoms with Crippen LogP contribution in [0.2, 0.25) is 0 Å². The van der Waals surface area contributed by atoms with Crippen LogP contribution >= 0.6 is 0 Å². The molecule has 5 heteroatoms. The molecule has 0 aromatic heterocycles. The van der Waals surface area contributed by atoms with Crippen LogP contribution in [0.25, 0.3) is 0 Å². The Morgan fingerprint density at radius 2 is 1.82 bits per heavy atom. The third kappa shape index (κ3) is 5.76. The lowest BCUT2D eigenvalue weighted by Crippen LogP contribution is -2.49. The van der Waals surface area contributed by atoms with Crippen molar-refractivity contribution in [2.75, 3.05) is 26.3 Å². The van der Waals surface area contributed by atoms with E-state index in [0.717, 1.165) is 25.8 Å². The SMILES string of the molecule is O=C(NCCOC1CCCCCC1)N1CCCCC1CCO. The van der Waals surface area contributed by atoms with E-state index in [9.17, 15) is 4.79 Å². The first-order valence-corrected chi connectivity index (χ1v) is 9.08. The fourth-order valence-electron chi connectivity index (χ4n) is 3.61. The maximum atomic E-state index is 12.3. The second kappa shape index (κ2) is 10.1. The molecular weight excluding hydrogens is 280 g/mol. The molecule has 2 fully saturated rings. The van der Waals surface area contributed by atoms with Gasteiger partial charge in [0.2, 0.25) is 0 Å². The molecule has 0 aromatic carbocycles. The number of aliphatic hydroxyl groups excluding tert-OH is 1. The van der Waals surface area contributed by atoms with Crippen LogP contribution in [0.4, 0.5) is 4.79 Å². The Kier molecular flexibility index (Phi) is 8.02. The van der Waals surface area contributed by atoms with E-state index < -0.39 is 0 Å². The van der Waals surface area contributed by atoms with Gasteiger partial charge in [0.25, 0.3) is 0 Å². The number of rotatable bonds is 6. The molecule has 1 aliphatic heterocycles. The lowest BCUT2D eigenvalue weighted by molar-refractivity contribution is 0.0447. The summed E-state index contributed by atoms with van der Waals surface area (Å²) >= 11 is 0. The summed E-state index contributed by atoms with van der Waals surface area (Å²) in [4.78, 5) is 14.2. The largest absolute Gasteiger partial charge is 0.396 e. The van der Waals surface area contributed by atoms with Gasteiger partial charge in [-0.1, -0.05) is 25.7 Å². The number of likely N-dealkylation sites (tertiary alicyclic amines) is 1. The summed E-state index contributed by atoms with van der Waals surface area (Å²) < 4.78 is 5.90. The Hall–Kier alpha value is -0.810. The number of piperidine rings is 1. The second-order valence-corrected chi connectivity index (χ2v) is 6.57. The number of hydrogen-bond donors (Lipinski definition) is 2. The van der Waals surface area contributed by atoms with Crippen LogP contribution in [0.1, 0.15) is 64.2 Å². The molecule has 1 heterocycles. The zero-order chi connectivity index (χ0) is 15.6. The summed E-state index contributed by atoms with van der Waals surface area (Å²) in [5.41, 5.74) is 0. The quantitative estimate of drug-likeness (QED) is 0.585. The molecule has 5 nitrogen and oxygen atoms in total. The third-order valence-electron chi connectivity index (χ3n) is 4.88. The molecule has 1 atom stereocenters. The van der Waals surface area contributed by atoms with Gasteiger partial charge in [-0.3, -0.25) is 0 Å². The number of carbonyl (C=O) groups excluding carboxylic acids is 1. The van der Waals surface area contributed by atoms with Crippen molar-refractivity contribution in [3.63, 3.8) is 0 Å². The Bertz CT molecular complexity index is 315. The van der Waals surface area contributed by atoms with Gasteiger partial charge in [0.05, 0.1) is 12.7 Å². The van der Waals surface area contributed by atoms with Crippen LogP contribution in [0.3, 0.4) is 0 Å². The number of hydrogen-bond acceptors (Lipinski definition) is 3. The van der Waals surface area contributed by atoms with Gasteiger partial charge in [0, 0.05) is 25.7 Å². The van der Waals surface area contributed by atoms with Crippen LogP contribution in [0.5, 0.6) is 0 Å². The van der Waals surface area contributed by atoms with E-state index in [1.807, 2.05) is 4.90 Å². The van der Waals surface area contributed by atoms with E-state index in [1.54, 1.807) is 0 Å². The van der Waals surface area contributed by atoms with Crippen molar-refractivity contribution in [3.8, 4) is 0 Å². The van der Waals surface area contributed by atoms with Crippen molar-refractivity contribution in [1.29, 1.82) is 0 Å². The fourth-order valence-corrected chi connectivity index (χ4v) is 3.61. The van der Waals surface area contributed by atoms with Gasteiger partial charge >= 0.3 is 6.03 Å². The topological polar surface area (TPSA) is 61.8 Å². The second-order valence-electron chi connectivity index (χ2n) is 6.57. The highest BCUT2D eigenvalue weighted by molar-refractivity contribution is 5.74. The van der Waals surface area contributed by atoms with Crippen molar-refractivity contribution in [1.82, 2.24) is 10.2 Å². The standard InChI is InChI=1S/C17H32N2O3/c20-13-10-15-7-5-6-12-19(15)17(21)18-11-14-22-16-8-3-1-2-4-9-16/h15-16,20H,1-14H2,(H,18,21). The van der Waals surface area contributed by atoms with Crippen LogP contribution in [0, 0.1) is 0 Å². The highest BCUT2D eigenvalue weighted by atomic mass is 16.5. The van der Waals surface area contributed by atoms with Gasteiger partial charge in [-0.2, -0.15) is 0 Å². The highest BCUT2D eigenvalue weighted by Gasteiger charge is 2.25. The zero-order valence-corrected chi connectivity index (χ0v) is 13.8. The first-order chi connectivity index (χ1) is 10.8. The molecule has 1 unspecified atom stereocenters. The van der Waals surface area contributed by atoms with Gasteiger partial charge in [0.1, 0.15) is 0 Å². The van der Waals surface area contributed by atoms with E-state index in [2.05, 4.69) is 5.32 Å². The summed E-state index contributed by atoms with van der Waals surface area (Å²) in [5, 5.41) is 12.1. The van der Waals surface area contributed by atoms with E-state index in [-0.39, 0.29) is 18.7 Å². The fraction of sp³-hybridized carbons (Fsp3) is 0.941. The lowest BCUT2D eigenvalue weighted by atomic mass is 10.0. The van der Waals surface area contributed by atoms with E-state index >= 15 is 0 Å². The molecule has 0 bridgehead atoms. The van der Waals surface area contributed by atoms with Crippen molar-refractivity contribution >= 4 is 6.03 Å². The van der Waals surface area contributed by atoms with Gasteiger partial charge in [-0.05, 0) is 38.5 Å². The molecule has 2 amide bonds. The maximum absolute atomic E-state index is 12.3. The monoisotopic (exact) mass is 312 g/mol. The normalized spacial score (nSPS) is 24.0. The Balaban J connectivity index is 1.63. The zero-order valence-electron chi connectivity index (χ0n) is 13.8. The van der Waals surface area contributed by atoms with Gasteiger partial charge in [-0.25, -0.2) is 4.79 Å². The Morgan fingerprint density at radius 3 is 2.55 bits per heavy atom. The van der Waals surface area contributed by atoms with Gasteiger partial charge < -0.3 is 20.1 Å². The molecule has 0 spiro atoms. The average Bonchev–Trinajstić information content (AvgIpc) is 2.81. The molecule has 0 radical (unpaired) electrons. The number of nitrogens with one attached hydrogen (secondary N) is 1. The summed E-state index contributed by atoms with van der Waals surface area (Å²) in [6.07, 6.45) is 11.8. The first-order valence-electron chi connectivity index (χ1n) is 9.08. The number of ether oxygens (including phenoxy) is 1. The van der Waals surface area contributed by atoms with E-state index in [1.165, 1.54) is 38.5 Å². The van der Waals surface area contributed by atoms with Gasteiger partial charge in [0.15, 0.2) is 0 Å². The van der Waals surface area contributed by atoms with E-state index in [4.69, 9.17) is 9.84 Å². The summed E-state index contributed by atoms with van der Waals surface area (Å²) in [7, 11) is 0. The molecule has 0 aromatic rings. The smallest absolute Gasteiger partial charge is 0.317 e. The first kappa shape index (κ1) is 17.5. The molecule has 2 aliphatic rings. The number of carbonyl (C=O) groups is 1. The summed E-state index contributed by atoms with van der Waals surface area (Å²) in [6.45, 7) is 2.14. The van der Waals surface area contributed by atoms with Crippen LogP contribution in [-0.2, 0) is 4.74 Å². The molecule has 2 rings (SSSR count). The molecule has 1 saturated heterocycles. The van der Waals surface area contributed by atoms with Crippen molar-refractivity contribution in [2.24, 2.45) is 0 Å². The lowest BCUT2D eigenvalue weighted by Gasteiger charge is -2.35. The maximum Gasteiger partial charge on any atom is 0.317 e. The van der Waals surface area contributed by atoms with Crippen molar-refractivity contribution in [3.05, 3.63) is 0 Å².